The summed E-state index contributed by atoms with van der Waals surface area (Å²) in [5.74, 6) is -2.96. The molecule has 0 fully saturated rings. The van der Waals surface area contributed by atoms with Gasteiger partial charge in [0, 0.05) is 5.56 Å². The maximum absolute atomic E-state index is 13.5. The van der Waals surface area contributed by atoms with E-state index in [4.69, 9.17) is 21.0 Å². The first-order chi connectivity index (χ1) is 17.4. The van der Waals surface area contributed by atoms with E-state index >= 15 is 0 Å². The van der Waals surface area contributed by atoms with E-state index in [1.807, 2.05) is 19.1 Å². The van der Waals surface area contributed by atoms with E-state index in [1.165, 1.54) is 36.0 Å². The third-order valence-corrected chi connectivity index (χ3v) is 9.61. The van der Waals surface area contributed by atoms with Crippen LogP contribution >= 0.6 is 23.1 Å². The highest BCUT2D eigenvalue weighted by Crippen LogP contribution is 2.39. The van der Waals surface area contributed by atoms with Crippen LogP contribution in [0.5, 0.6) is 0 Å². The highest BCUT2D eigenvalue weighted by Gasteiger charge is 2.38. The van der Waals surface area contributed by atoms with E-state index in [2.05, 4.69) is 4.72 Å². The molecule has 0 atom stereocenters. The van der Waals surface area contributed by atoms with E-state index < -0.39 is 32.0 Å². The van der Waals surface area contributed by atoms with E-state index in [1.54, 1.807) is 18.4 Å². The fourth-order valence-corrected chi connectivity index (χ4v) is 7.48. The van der Waals surface area contributed by atoms with Gasteiger partial charge in [0.25, 0.3) is 0 Å². The Kier molecular flexibility index (Phi) is 9.63. The second-order valence-corrected chi connectivity index (χ2v) is 13.4. The Labute approximate surface area is 225 Å². The molecule has 9 nitrogen and oxygen atoms in total. The number of halogens is 3. The molecule has 0 saturated carbocycles. The number of sulfonamides is 1. The molecule has 0 amide bonds. The number of carboxylic acid groups (broad SMARTS) is 1. The molecule has 3 aromatic rings. The Bertz CT molecular complexity index is 1580. The number of thiophene rings is 1. The minimum absolute atomic E-state index is 0.0213. The number of sulfone groups is 1. The number of aliphatic carboxylic acids is 1. The number of hydrogen-bond acceptors (Lipinski definition) is 8. The number of hydrogen-bond donors (Lipinski definition) is 4. The molecule has 38 heavy (non-hydrogen) atoms. The predicted octanol–water partition coefficient (Wildman–Crippen LogP) is 4.57. The van der Waals surface area contributed by atoms with Crippen molar-refractivity contribution in [3.63, 3.8) is 0 Å². The van der Waals surface area contributed by atoms with E-state index in [0.717, 1.165) is 23.2 Å². The third-order valence-electron chi connectivity index (χ3n) is 4.68. The number of nitrogens with one attached hydrogen (secondary N) is 2. The fourth-order valence-electron chi connectivity index (χ4n) is 3.02. The van der Waals surface area contributed by atoms with Crippen LogP contribution in [-0.2, 0) is 24.7 Å². The highest BCUT2D eigenvalue weighted by atomic mass is 32.2. The minimum atomic E-state index is -5.08. The summed E-state index contributed by atoms with van der Waals surface area (Å²) in [6, 6.07) is 13.0. The van der Waals surface area contributed by atoms with Crippen LogP contribution in [0.1, 0.15) is 10.4 Å². The van der Waals surface area contributed by atoms with Crippen molar-refractivity contribution in [3.8, 4) is 11.1 Å². The van der Waals surface area contributed by atoms with Crippen molar-refractivity contribution in [2.24, 2.45) is 5.73 Å². The molecule has 1 aromatic heterocycles. The van der Waals surface area contributed by atoms with Gasteiger partial charge in [0.2, 0.25) is 19.9 Å². The number of nitrogen functional groups attached to an aromatic ring is 1. The molecule has 2 aromatic carbocycles. The molecule has 5 N–H and O–H groups in total. The largest absolute Gasteiger partial charge is 0.490 e. The number of carboxylic acids is 1. The predicted molar refractivity (Wildman–Crippen MR) is 141 cm³/mol. The summed E-state index contributed by atoms with van der Waals surface area (Å²) in [5.41, 5.74) is 7.88. The van der Waals surface area contributed by atoms with Crippen LogP contribution in [-0.4, -0.2) is 52.4 Å². The molecule has 0 aliphatic rings. The number of rotatable bonds is 7. The molecule has 0 aliphatic carbocycles. The van der Waals surface area contributed by atoms with Gasteiger partial charge in [0.15, 0.2) is 0 Å². The first-order valence-electron chi connectivity index (χ1n) is 10.1. The van der Waals surface area contributed by atoms with Gasteiger partial charge in [-0.05, 0) is 48.6 Å². The lowest BCUT2D eigenvalue weighted by Crippen LogP contribution is -2.21. The molecule has 1 heterocycles. The lowest BCUT2D eigenvalue weighted by molar-refractivity contribution is -0.192. The zero-order valence-corrected chi connectivity index (χ0v) is 23.2. The van der Waals surface area contributed by atoms with Crippen molar-refractivity contribution >= 4 is 60.5 Å². The maximum Gasteiger partial charge on any atom is 0.490 e. The summed E-state index contributed by atoms with van der Waals surface area (Å²) < 4.78 is 85.4. The molecule has 0 aliphatic heterocycles. The van der Waals surface area contributed by atoms with Crippen molar-refractivity contribution in [3.05, 3.63) is 59.0 Å². The number of amidine groups is 1. The van der Waals surface area contributed by atoms with Crippen molar-refractivity contribution in [1.29, 1.82) is 5.41 Å². The quantitative estimate of drug-likeness (QED) is 0.172. The number of nitrogens with two attached hydrogens (primary N) is 1. The second kappa shape index (κ2) is 11.8. The minimum Gasteiger partial charge on any atom is -0.475 e. The fraction of sp³-hybridized carbons (Fsp3) is 0.182. The summed E-state index contributed by atoms with van der Waals surface area (Å²) >= 11 is 2.41. The highest BCUT2D eigenvalue weighted by molar-refractivity contribution is 8.01. The van der Waals surface area contributed by atoms with Crippen molar-refractivity contribution in [1.82, 2.24) is 0 Å². The summed E-state index contributed by atoms with van der Waals surface area (Å²) in [7, 11) is -7.51. The molecule has 0 bridgehead atoms. The van der Waals surface area contributed by atoms with Gasteiger partial charge >= 0.3 is 12.1 Å². The van der Waals surface area contributed by atoms with Crippen LogP contribution < -0.4 is 10.5 Å². The van der Waals surface area contributed by atoms with Crippen LogP contribution in [0.2, 0.25) is 0 Å². The molecule has 3 rings (SSSR count). The van der Waals surface area contributed by atoms with Gasteiger partial charge in [0.1, 0.15) is 5.84 Å². The average Bonchev–Trinajstić information content (AvgIpc) is 3.24. The van der Waals surface area contributed by atoms with Gasteiger partial charge in [-0.3, -0.25) is 10.1 Å². The lowest BCUT2D eigenvalue weighted by atomic mass is 9.99. The smallest absolute Gasteiger partial charge is 0.475 e. The Morgan fingerprint density at radius 3 is 2.13 bits per heavy atom. The summed E-state index contributed by atoms with van der Waals surface area (Å²) in [6.45, 7) is 1.87. The van der Waals surface area contributed by atoms with E-state index in [0.29, 0.717) is 20.2 Å². The molecule has 206 valence electrons. The lowest BCUT2D eigenvalue weighted by Gasteiger charge is -2.15. The summed E-state index contributed by atoms with van der Waals surface area (Å²) in [5, 5.41) is 14.8. The average molecular weight is 610 g/mol. The Morgan fingerprint density at radius 2 is 1.66 bits per heavy atom. The van der Waals surface area contributed by atoms with E-state index in [9.17, 15) is 30.0 Å². The molecular formula is C22H22F3N3O6S4. The topological polar surface area (TPSA) is 167 Å². The van der Waals surface area contributed by atoms with Crippen LogP contribution in [0.3, 0.4) is 0 Å². The number of benzene rings is 2. The van der Waals surface area contributed by atoms with Crippen molar-refractivity contribution in [2.45, 2.75) is 27.1 Å². The second-order valence-electron chi connectivity index (χ2n) is 7.58. The molecular weight excluding hydrogens is 588 g/mol. The number of anilines is 1. The van der Waals surface area contributed by atoms with Crippen LogP contribution in [0, 0.1) is 12.3 Å². The zero-order valence-electron chi connectivity index (χ0n) is 20.0. The van der Waals surface area contributed by atoms with Crippen LogP contribution in [0.25, 0.3) is 11.1 Å². The van der Waals surface area contributed by atoms with Crippen molar-refractivity contribution < 1.29 is 39.9 Å². The van der Waals surface area contributed by atoms with Gasteiger partial charge in [-0.1, -0.05) is 24.3 Å². The van der Waals surface area contributed by atoms with Gasteiger partial charge in [0.05, 0.1) is 30.8 Å². The molecule has 0 radical (unpaired) electrons. The Morgan fingerprint density at radius 1 is 1.08 bits per heavy atom. The number of thioether (sulfide) groups is 1. The van der Waals surface area contributed by atoms with E-state index in [-0.39, 0.29) is 21.3 Å². The normalized spacial score (nSPS) is 11.8. The summed E-state index contributed by atoms with van der Waals surface area (Å²) in [6.07, 6.45) is -2.29. The molecule has 0 saturated heterocycles. The zero-order chi connectivity index (χ0) is 29.1. The number of alkyl halides is 3. The third kappa shape index (κ3) is 7.72. The molecule has 0 spiro atoms. The monoisotopic (exact) mass is 609 g/mol. The molecule has 16 heteroatoms. The number of carbonyl (C=O) groups is 1. The van der Waals surface area contributed by atoms with Crippen molar-refractivity contribution in [2.75, 3.05) is 17.2 Å². The SMILES string of the molecule is CSc1sc(C(=N)N)cc1S(=O)(=O)c1ccc(NS(C)(=O)=O)c(-c2ccccc2C)c1.O=C(O)C(F)(F)F. The van der Waals surface area contributed by atoms with Gasteiger partial charge in [-0.2, -0.15) is 13.2 Å². The number of aryl methyl sites for hydroxylation is 1. The first kappa shape index (κ1) is 31.1. The first-order valence-corrected chi connectivity index (χ1v) is 15.5. The standard InChI is InChI=1S/C20H21N3O4S4.C2HF3O2/c1-12-6-4-5-7-14(12)15-10-13(8-9-16(15)23-30(3,24)25)31(26,27)18-11-17(19(21)22)29-20(18)28-2;3-2(4,5)1(6)7/h4-11,23H,1-3H3,(H3,21,22);(H,6,7). The molecule has 0 unspecified atom stereocenters. The van der Waals surface area contributed by atoms with Gasteiger partial charge in [-0.15, -0.1) is 23.1 Å². The van der Waals surface area contributed by atoms with Gasteiger partial charge in [-0.25, -0.2) is 21.6 Å². The summed E-state index contributed by atoms with van der Waals surface area (Å²) in [4.78, 5) is 9.37. The van der Waals surface area contributed by atoms with Gasteiger partial charge < -0.3 is 10.8 Å². The Hall–Kier alpha value is -3.08. The van der Waals surface area contributed by atoms with Crippen LogP contribution in [0.15, 0.2) is 62.5 Å². The maximum atomic E-state index is 13.5. The van der Waals surface area contributed by atoms with Crippen LogP contribution in [0.4, 0.5) is 18.9 Å². The Balaban J connectivity index is 0.000000638.